The normalized spacial score (nSPS) is 13.1. The number of benzene rings is 2. The first kappa shape index (κ1) is 13.2. The number of halogens is 1. The topological polar surface area (TPSA) is 41.1 Å². The van der Waals surface area contributed by atoms with E-state index in [1.807, 2.05) is 37.3 Å². The molecule has 0 fully saturated rings. The predicted molar refractivity (Wildman–Crippen MR) is 81.1 cm³/mol. The number of fused-ring (bicyclic) bond motifs is 1. The number of carbonyl (C=O) groups excluding carboxylic acids is 1. The Morgan fingerprint density at radius 2 is 1.95 bits per heavy atom. The summed E-state index contributed by atoms with van der Waals surface area (Å²) in [6, 6.07) is 11.3. The van der Waals surface area contributed by atoms with Crippen molar-refractivity contribution in [3.8, 4) is 0 Å². The van der Waals surface area contributed by atoms with Crippen molar-refractivity contribution < 1.29 is 4.79 Å². The van der Waals surface area contributed by atoms with Gasteiger partial charge in [0, 0.05) is 29.4 Å². The fourth-order valence-electron chi connectivity index (χ4n) is 2.31. The second-order valence-corrected chi connectivity index (χ2v) is 5.41. The number of aryl methyl sites for hydroxylation is 1. The van der Waals surface area contributed by atoms with Gasteiger partial charge in [-0.15, -0.1) is 0 Å². The van der Waals surface area contributed by atoms with E-state index in [4.69, 9.17) is 11.6 Å². The zero-order chi connectivity index (χ0) is 14.1. The Morgan fingerprint density at radius 3 is 2.75 bits per heavy atom. The van der Waals surface area contributed by atoms with Crippen LogP contribution in [0.5, 0.6) is 0 Å². The molecule has 3 nitrogen and oxygen atoms in total. The molecular formula is C16H15ClN2O. The summed E-state index contributed by atoms with van der Waals surface area (Å²) < 4.78 is 0. The first-order chi connectivity index (χ1) is 9.63. The summed E-state index contributed by atoms with van der Waals surface area (Å²) >= 11 is 6.06. The number of carbonyl (C=O) groups is 1. The van der Waals surface area contributed by atoms with Gasteiger partial charge in [-0.2, -0.15) is 0 Å². The molecule has 1 heterocycles. The lowest BCUT2D eigenvalue weighted by Gasteiger charge is -2.08. The van der Waals surface area contributed by atoms with Crippen LogP contribution in [0.4, 0.5) is 5.69 Å². The van der Waals surface area contributed by atoms with Gasteiger partial charge in [-0.25, -0.2) is 0 Å². The minimum absolute atomic E-state index is 0.111. The van der Waals surface area contributed by atoms with Crippen LogP contribution in [0.15, 0.2) is 36.4 Å². The maximum absolute atomic E-state index is 12.2. The van der Waals surface area contributed by atoms with Gasteiger partial charge in [0.25, 0.3) is 5.91 Å². The predicted octanol–water partition coefficient (Wildman–Crippen LogP) is 3.50. The molecule has 0 aromatic heterocycles. The summed E-state index contributed by atoms with van der Waals surface area (Å²) in [5.74, 6) is -0.111. The zero-order valence-electron chi connectivity index (χ0n) is 11.2. The van der Waals surface area contributed by atoms with Crippen molar-refractivity contribution in [1.82, 2.24) is 5.32 Å². The van der Waals surface area contributed by atoms with Crippen LogP contribution in [-0.4, -0.2) is 5.91 Å². The molecule has 4 heteroatoms. The fourth-order valence-corrected chi connectivity index (χ4v) is 2.49. The molecule has 0 saturated carbocycles. The molecule has 2 N–H and O–H groups in total. The van der Waals surface area contributed by atoms with E-state index in [2.05, 4.69) is 10.6 Å². The third-order valence-corrected chi connectivity index (χ3v) is 3.94. The maximum atomic E-state index is 12.2. The molecule has 102 valence electrons. The van der Waals surface area contributed by atoms with Gasteiger partial charge in [0.15, 0.2) is 0 Å². The number of hydrogen-bond acceptors (Lipinski definition) is 2. The lowest BCUT2D eigenvalue weighted by Crippen LogP contribution is -2.12. The van der Waals surface area contributed by atoms with Crippen molar-refractivity contribution in [2.75, 3.05) is 5.32 Å². The van der Waals surface area contributed by atoms with Gasteiger partial charge in [0.2, 0.25) is 0 Å². The van der Waals surface area contributed by atoms with Crippen LogP contribution in [0.1, 0.15) is 27.0 Å². The van der Waals surface area contributed by atoms with Gasteiger partial charge in [-0.05, 0) is 47.9 Å². The molecule has 1 aliphatic rings. The third kappa shape index (κ3) is 2.55. The van der Waals surface area contributed by atoms with Crippen LogP contribution >= 0.6 is 11.6 Å². The summed E-state index contributed by atoms with van der Waals surface area (Å²) in [4.78, 5) is 12.2. The lowest BCUT2D eigenvalue weighted by atomic mass is 10.1. The molecule has 0 saturated heterocycles. The number of nitrogens with one attached hydrogen (secondary N) is 2. The Balaban J connectivity index is 1.80. The molecule has 0 spiro atoms. The summed E-state index contributed by atoms with van der Waals surface area (Å²) in [7, 11) is 0. The van der Waals surface area contributed by atoms with Gasteiger partial charge in [-0.1, -0.05) is 23.7 Å². The molecule has 0 bridgehead atoms. The van der Waals surface area contributed by atoms with Gasteiger partial charge in [-0.3, -0.25) is 4.79 Å². The lowest BCUT2D eigenvalue weighted by molar-refractivity contribution is 0.102. The molecule has 3 rings (SSSR count). The summed E-state index contributed by atoms with van der Waals surface area (Å²) in [6.07, 6.45) is 0. The van der Waals surface area contributed by atoms with Gasteiger partial charge >= 0.3 is 0 Å². The molecule has 2 aromatic rings. The van der Waals surface area contributed by atoms with Crippen molar-refractivity contribution in [3.05, 3.63) is 63.7 Å². The summed E-state index contributed by atoms with van der Waals surface area (Å²) in [6.45, 7) is 3.64. The summed E-state index contributed by atoms with van der Waals surface area (Å²) in [5.41, 5.74) is 4.83. The molecule has 0 aliphatic carbocycles. The van der Waals surface area contributed by atoms with Gasteiger partial charge < -0.3 is 10.6 Å². The average molecular weight is 287 g/mol. The Morgan fingerprint density at radius 1 is 1.15 bits per heavy atom. The highest BCUT2D eigenvalue weighted by molar-refractivity contribution is 6.31. The first-order valence-electron chi connectivity index (χ1n) is 6.53. The van der Waals surface area contributed by atoms with Crippen LogP contribution in [-0.2, 0) is 13.1 Å². The molecule has 0 radical (unpaired) electrons. The monoisotopic (exact) mass is 286 g/mol. The Hall–Kier alpha value is -1.84. The Labute approximate surface area is 123 Å². The van der Waals surface area contributed by atoms with Crippen molar-refractivity contribution in [3.63, 3.8) is 0 Å². The van der Waals surface area contributed by atoms with Crippen LogP contribution in [0.25, 0.3) is 0 Å². The smallest absolute Gasteiger partial charge is 0.255 e. The van der Waals surface area contributed by atoms with E-state index in [9.17, 15) is 4.79 Å². The van der Waals surface area contributed by atoms with E-state index < -0.39 is 0 Å². The Bertz CT molecular complexity index is 682. The van der Waals surface area contributed by atoms with Gasteiger partial charge in [0.1, 0.15) is 0 Å². The third-order valence-electron chi connectivity index (χ3n) is 3.53. The number of hydrogen-bond donors (Lipinski definition) is 2. The van der Waals surface area contributed by atoms with E-state index in [1.165, 1.54) is 11.1 Å². The highest BCUT2D eigenvalue weighted by Crippen LogP contribution is 2.21. The highest BCUT2D eigenvalue weighted by atomic mass is 35.5. The number of anilines is 1. The average Bonchev–Trinajstić information content (AvgIpc) is 2.90. The minimum atomic E-state index is -0.111. The van der Waals surface area contributed by atoms with Gasteiger partial charge in [0.05, 0.1) is 0 Å². The van der Waals surface area contributed by atoms with Crippen molar-refractivity contribution in [1.29, 1.82) is 0 Å². The molecular weight excluding hydrogens is 272 g/mol. The maximum Gasteiger partial charge on any atom is 0.255 e. The van der Waals surface area contributed by atoms with Crippen molar-refractivity contribution in [2.24, 2.45) is 0 Å². The minimum Gasteiger partial charge on any atom is -0.322 e. The van der Waals surface area contributed by atoms with Crippen molar-refractivity contribution in [2.45, 2.75) is 20.0 Å². The number of amides is 1. The molecule has 0 unspecified atom stereocenters. The summed E-state index contributed by atoms with van der Waals surface area (Å²) in [5, 5.41) is 6.80. The fraction of sp³-hybridized carbons (Fsp3) is 0.188. The second-order valence-electron chi connectivity index (χ2n) is 5.01. The SMILES string of the molecule is Cc1ccc(NC(=O)c2ccc3c(c2)CNC3)cc1Cl. The van der Waals surface area contributed by atoms with Crippen LogP contribution in [0.2, 0.25) is 5.02 Å². The first-order valence-corrected chi connectivity index (χ1v) is 6.91. The van der Waals surface area contributed by atoms with E-state index in [-0.39, 0.29) is 5.91 Å². The molecule has 20 heavy (non-hydrogen) atoms. The molecule has 0 atom stereocenters. The van der Waals surface area contributed by atoms with E-state index in [0.29, 0.717) is 16.3 Å². The second kappa shape index (κ2) is 5.27. The Kier molecular flexibility index (Phi) is 3.47. The quantitative estimate of drug-likeness (QED) is 0.887. The largest absolute Gasteiger partial charge is 0.322 e. The van der Waals surface area contributed by atoms with E-state index in [0.717, 1.165) is 18.7 Å². The van der Waals surface area contributed by atoms with Crippen LogP contribution < -0.4 is 10.6 Å². The van der Waals surface area contributed by atoms with Crippen molar-refractivity contribution >= 4 is 23.2 Å². The zero-order valence-corrected chi connectivity index (χ0v) is 11.9. The van der Waals surface area contributed by atoms with E-state index in [1.54, 1.807) is 6.07 Å². The molecule has 1 aliphatic heterocycles. The van der Waals surface area contributed by atoms with E-state index >= 15 is 0 Å². The molecule has 1 amide bonds. The standard InChI is InChI=1S/C16H15ClN2O/c1-10-2-5-14(7-15(10)17)19-16(20)11-3-4-12-8-18-9-13(12)6-11/h2-7,18H,8-9H2,1H3,(H,19,20). The highest BCUT2D eigenvalue weighted by Gasteiger charge is 2.13. The van der Waals surface area contributed by atoms with Crippen LogP contribution in [0, 0.1) is 6.92 Å². The van der Waals surface area contributed by atoms with Crippen LogP contribution in [0.3, 0.4) is 0 Å². The molecule has 2 aromatic carbocycles. The number of rotatable bonds is 2.